The second kappa shape index (κ2) is 5.46. The van der Waals surface area contributed by atoms with Gasteiger partial charge in [0.2, 0.25) is 0 Å². The number of ether oxygens (including phenoxy) is 1. The van der Waals surface area contributed by atoms with Crippen molar-refractivity contribution in [1.82, 2.24) is 5.32 Å². The Hall–Kier alpha value is -0.860. The molecule has 1 saturated heterocycles. The summed E-state index contributed by atoms with van der Waals surface area (Å²) in [5.41, 5.74) is 1.29. The Labute approximate surface area is 98.0 Å². The summed E-state index contributed by atoms with van der Waals surface area (Å²) in [6, 6.07) is 11.0. The second-order valence-corrected chi connectivity index (χ2v) is 4.42. The third-order valence-electron chi connectivity index (χ3n) is 3.34. The van der Waals surface area contributed by atoms with E-state index >= 15 is 0 Å². The third kappa shape index (κ3) is 2.45. The summed E-state index contributed by atoms with van der Waals surface area (Å²) < 4.78 is 6.16. The van der Waals surface area contributed by atoms with E-state index in [1.807, 2.05) is 0 Å². The molecule has 0 aliphatic carbocycles. The number of morpholine rings is 1. The smallest absolute Gasteiger partial charge is 0.0982 e. The molecule has 1 heterocycles. The molecule has 0 saturated carbocycles. The van der Waals surface area contributed by atoms with Crippen LogP contribution < -0.4 is 5.32 Å². The lowest BCUT2D eigenvalue weighted by molar-refractivity contribution is -0.0668. The molecule has 0 amide bonds. The molecule has 1 fully saturated rings. The Balaban J connectivity index is 2.15. The van der Waals surface area contributed by atoms with Gasteiger partial charge in [0.05, 0.1) is 12.2 Å². The molecule has 0 spiro atoms. The van der Waals surface area contributed by atoms with Crippen LogP contribution in [-0.4, -0.2) is 18.7 Å². The average Bonchev–Trinajstić information content (AvgIpc) is 2.39. The lowest BCUT2D eigenvalue weighted by Gasteiger charge is -2.37. The van der Waals surface area contributed by atoms with Crippen molar-refractivity contribution in [2.24, 2.45) is 0 Å². The molecule has 1 aliphatic heterocycles. The minimum atomic E-state index is 0.213. The summed E-state index contributed by atoms with van der Waals surface area (Å²) in [4.78, 5) is 0. The van der Waals surface area contributed by atoms with E-state index < -0.39 is 0 Å². The first-order valence-corrected chi connectivity index (χ1v) is 6.29. The van der Waals surface area contributed by atoms with Gasteiger partial charge in [0, 0.05) is 12.6 Å². The van der Waals surface area contributed by atoms with Crippen molar-refractivity contribution < 1.29 is 4.74 Å². The summed E-state index contributed by atoms with van der Waals surface area (Å²) in [5, 5.41) is 3.59. The normalized spacial score (nSPS) is 30.2. The fourth-order valence-electron chi connectivity index (χ4n) is 2.29. The minimum absolute atomic E-state index is 0.213. The van der Waals surface area contributed by atoms with Crippen LogP contribution in [0.1, 0.15) is 38.4 Å². The lowest BCUT2D eigenvalue weighted by atomic mass is 9.97. The summed E-state index contributed by atoms with van der Waals surface area (Å²) in [5.74, 6) is 0. The number of rotatable bonds is 3. The van der Waals surface area contributed by atoms with Crippen LogP contribution in [0.2, 0.25) is 0 Å². The van der Waals surface area contributed by atoms with Crippen molar-refractivity contribution in [3.8, 4) is 0 Å². The van der Waals surface area contributed by atoms with E-state index in [0.29, 0.717) is 12.1 Å². The molecule has 2 nitrogen and oxygen atoms in total. The van der Waals surface area contributed by atoms with Gasteiger partial charge >= 0.3 is 0 Å². The molecule has 1 aliphatic rings. The van der Waals surface area contributed by atoms with Gasteiger partial charge in [0.15, 0.2) is 0 Å². The predicted octanol–water partition coefficient (Wildman–Crippen LogP) is 2.90. The minimum Gasteiger partial charge on any atom is -0.367 e. The molecule has 3 unspecified atom stereocenters. The highest BCUT2D eigenvalue weighted by molar-refractivity contribution is 5.19. The monoisotopic (exact) mass is 219 g/mol. The average molecular weight is 219 g/mol. The number of benzene rings is 1. The van der Waals surface area contributed by atoms with Gasteiger partial charge in [-0.2, -0.15) is 0 Å². The zero-order valence-electron chi connectivity index (χ0n) is 10.1. The molecule has 0 bridgehead atoms. The van der Waals surface area contributed by atoms with Gasteiger partial charge in [-0.1, -0.05) is 44.2 Å². The standard InChI is InChI=1S/C14H21NO/c1-3-12-10-15-13(4-2)14(16-12)11-8-6-5-7-9-11/h5-9,12-15H,3-4,10H2,1-2H3. The fraction of sp³-hybridized carbons (Fsp3) is 0.571. The molecule has 16 heavy (non-hydrogen) atoms. The van der Waals surface area contributed by atoms with Crippen LogP contribution in [0.4, 0.5) is 0 Å². The molecule has 0 aromatic heterocycles. The van der Waals surface area contributed by atoms with Crippen molar-refractivity contribution >= 4 is 0 Å². The van der Waals surface area contributed by atoms with Gasteiger partial charge in [0.1, 0.15) is 0 Å². The van der Waals surface area contributed by atoms with Gasteiger partial charge in [-0.25, -0.2) is 0 Å². The highest BCUT2D eigenvalue weighted by atomic mass is 16.5. The molecule has 0 radical (unpaired) electrons. The molecule has 2 rings (SSSR count). The predicted molar refractivity (Wildman–Crippen MR) is 66.4 cm³/mol. The Morgan fingerprint density at radius 1 is 1.19 bits per heavy atom. The third-order valence-corrected chi connectivity index (χ3v) is 3.34. The summed E-state index contributed by atoms with van der Waals surface area (Å²) >= 11 is 0. The van der Waals surface area contributed by atoms with Gasteiger partial charge in [0.25, 0.3) is 0 Å². The number of hydrogen-bond acceptors (Lipinski definition) is 2. The first kappa shape index (κ1) is 11.6. The van der Waals surface area contributed by atoms with Crippen LogP contribution >= 0.6 is 0 Å². The molecule has 3 atom stereocenters. The molecular weight excluding hydrogens is 198 g/mol. The van der Waals surface area contributed by atoms with Crippen LogP contribution in [-0.2, 0) is 4.74 Å². The van der Waals surface area contributed by atoms with Crippen molar-refractivity contribution in [2.45, 2.75) is 44.9 Å². The molecule has 1 N–H and O–H groups in total. The topological polar surface area (TPSA) is 21.3 Å². The van der Waals surface area contributed by atoms with Crippen molar-refractivity contribution in [2.75, 3.05) is 6.54 Å². The van der Waals surface area contributed by atoms with E-state index in [1.165, 1.54) is 5.56 Å². The Morgan fingerprint density at radius 3 is 2.56 bits per heavy atom. The SMILES string of the molecule is CCC1CNC(CC)C(c2ccccc2)O1. The van der Waals surface area contributed by atoms with E-state index in [0.717, 1.165) is 19.4 Å². The van der Waals surface area contributed by atoms with Gasteiger partial charge in [-0.3, -0.25) is 0 Å². The molecule has 88 valence electrons. The Kier molecular flexibility index (Phi) is 3.97. The zero-order valence-corrected chi connectivity index (χ0v) is 10.1. The summed E-state index contributed by atoms with van der Waals surface area (Å²) in [7, 11) is 0. The van der Waals surface area contributed by atoms with Crippen molar-refractivity contribution in [1.29, 1.82) is 0 Å². The summed E-state index contributed by atoms with van der Waals surface area (Å²) in [6.45, 7) is 5.38. The van der Waals surface area contributed by atoms with Gasteiger partial charge < -0.3 is 10.1 Å². The van der Waals surface area contributed by atoms with E-state index in [2.05, 4.69) is 49.5 Å². The molecule has 2 heteroatoms. The van der Waals surface area contributed by atoms with E-state index in [1.54, 1.807) is 0 Å². The molecule has 1 aromatic carbocycles. The van der Waals surface area contributed by atoms with Crippen LogP contribution in [0.3, 0.4) is 0 Å². The van der Waals surface area contributed by atoms with Crippen molar-refractivity contribution in [3.63, 3.8) is 0 Å². The maximum atomic E-state index is 6.16. The quantitative estimate of drug-likeness (QED) is 0.844. The van der Waals surface area contributed by atoms with Crippen LogP contribution in [0, 0.1) is 0 Å². The van der Waals surface area contributed by atoms with Crippen molar-refractivity contribution in [3.05, 3.63) is 35.9 Å². The van der Waals surface area contributed by atoms with E-state index in [-0.39, 0.29) is 6.10 Å². The van der Waals surface area contributed by atoms with Gasteiger partial charge in [-0.15, -0.1) is 0 Å². The Bertz CT molecular complexity index is 312. The number of hydrogen-bond donors (Lipinski definition) is 1. The van der Waals surface area contributed by atoms with E-state index in [9.17, 15) is 0 Å². The first-order chi connectivity index (χ1) is 7.85. The Morgan fingerprint density at radius 2 is 1.94 bits per heavy atom. The molecular formula is C14H21NO. The maximum absolute atomic E-state index is 6.16. The highest BCUT2D eigenvalue weighted by Gasteiger charge is 2.29. The first-order valence-electron chi connectivity index (χ1n) is 6.29. The summed E-state index contributed by atoms with van der Waals surface area (Å²) in [6.07, 6.45) is 2.75. The maximum Gasteiger partial charge on any atom is 0.0982 e. The fourth-order valence-corrected chi connectivity index (χ4v) is 2.29. The van der Waals surface area contributed by atoms with Crippen LogP contribution in [0.15, 0.2) is 30.3 Å². The van der Waals surface area contributed by atoms with E-state index in [4.69, 9.17) is 4.74 Å². The largest absolute Gasteiger partial charge is 0.367 e. The zero-order chi connectivity index (χ0) is 11.4. The highest BCUT2D eigenvalue weighted by Crippen LogP contribution is 2.28. The van der Waals surface area contributed by atoms with Gasteiger partial charge in [-0.05, 0) is 18.4 Å². The number of nitrogens with one attached hydrogen (secondary N) is 1. The molecule has 1 aromatic rings. The second-order valence-electron chi connectivity index (χ2n) is 4.42. The van der Waals surface area contributed by atoms with Crippen LogP contribution in [0.25, 0.3) is 0 Å². The van der Waals surface area contributed by atoms with Crippen LogP contribution in [0.5, 0.6) is 0 Å². The lowest BCUT2D eigenvalue weighted by Crippen LogP contribution is -2.47.